The zero-order valence-corrected chi connectivity index (χ0v) is 27.7. The summed E-state index contributed by atoms with van der Waals surface area (Å²) < 4.78 is 34.0. The van der Waals surface area contributed by atoms with Gasteiger partial charge in [-0.2, -0.15) is 5.26 Å². The second-order valence-corrected chi connectivity index (χ2v) is 14.9. The van der Waals surface area contributed by atoms with Gasteiger partial charge in [-0.05, 0) is 43.8 Å². The first-order chi connectivity index (χ1) is 18.4. The van der Waals surface area contributed by atoms with Gasteiger partial charge in [-0.15, -0.1) is 15.9 Å². The van der Waals surface area contributed by atoms with E-state index in [1.807, 2.05) is 13.0 Å². The van der Waals surface area contributed by atoms with Gasteiger partial charge in [0, 0.05) is 51.9 Å². The minimum Gasteiger partial charge on any atom is -0.630 e. The number of hydrogen-bond acceptors (Lipinski definition) is 9. The van der Waals surface area contributed by atoms with Gasteiger partial charge in [0.05, 0.1) is 17.7 Å². The maximum Gasteiger partial charge on any atom is 2.00 e. The first-order valence-corrected chi connectivity index (χ1v) is 14.8. The van der Waals surface area contributed by atoms with Crippen LogP contribution in [0, 0.1) is 43.2 Å². The van der Waals surface area contributed by atoms with Crippen molar-refractivity contribution in [2.75, 3.05) is 0 Å². The smallest absolute Gasteiger partial charge is 0.630 e. The summed E-state index contributed by atoms with van der Waals surface area (Å²) in [6.07, 6.45) is 7.01. The Balaban J connectivity index is 0.000000947. The van der Waals surface area contributed by atoms with E-state index >= 15 is 0 Å². The van der Waals surface area contributed by atoms with Crippen molar-refractivity contribution in [3.05, 3.63) is 40.1 Å². The van der Waals surface area contributed by atoms with Gasteiger partial charge in [0.15, 0.2) is 0 Å². The second-order valence-electron chi connectivity index (χ2n) is 14.1. The molecule has 4 aliphatic rings. The van der Waals surface area contributed by atoms with Crippen LogP contribution in [0.4, 0.5) is 0 Å². The molecule has 4 heterocycles. The monoisotopic (exact) mass is 643 g/mol. The summed E-state index contributed by atoms with van der Waals surface area (Å²) in [4.78, 5) is 26.9. The van der Waals surface area contributed by atoms with Gasteiger partial charge in [-0.3, -0.25) is 15.0 Å². The molecule has 12 heteroatoms. The maximum absolute atomic E-state index is 11.9. The summed E-state index contributed by atoms with van der Waals surface area (Å²) in [6.45, 7) is 21.3. The normalized spacial score (nSPS) is 30.0. The standard InChI is InChI=1S/C30H41N5O.ClHO4.Ni/c1-18(21-15-29(8,9)30(10,17-31)35-21)25-28(6,7)14-20(33-25)12-22-26(2,3)13-19(32-22)11-23-27(4,5)16-24(36)34-23;2-1(3,4)5;/h11-12H,13-16H2,1-10H3,(H,32,33,34,35,36);(H,2,3,4,5);/q;;+2/p-2. The minimum atomic E-state index is -4.94. The predicted octanol–water partition coefficient (Wildman–Crippen LogP) is 2.49. The zero-order chi connectivity index (χ0) is 31.4. The molecule has 0 radical (unpaired) electrons. The molecule has 0 aromatic carbocycles. The van der Waals surface area contributed by atoms with Crippen LogP contribution in [0.5, 0.6) is 0 Å². The van der Waals surface area contributed by atoms with E-state index in [0.717, 1.165) is 59.1 Å². The number of amides is 1. The van der Waals surface area contributed by atoms with Crippen molar-refractivity contribution in [3.8, 4) is 6.07 Å². The second kappa shape index (κ2) is 11.7. The molecule has 1 amide bonds. The zero-order valence-electron chi connectivity index (χ0n) is 26.0. The van der Waals surface area contributed by atoms with E-state index in [4.69, 9.17) is 33.6 Å². The third-order valence-electron chi connectivity index (χ3n) is 8.53. The fourth-order valence-electron chi connectivity index (χ4n) is 5.66. The Morgan fingerprint density at radius 3 is 1.86 bits per heavy atom. The first kappa shape index (κ1) is 36.0. The molecule has 1 saturated heterocycles. The van der Waals surface area contributed by atoms with Crippen molar-refractivity contribution in [3.63, 3.8) is 0 Å². The molecule has 0 aromatic heterocycles. The van der Waals surface area contributed by atoms with Crippen molar-refractivity contribution in [1.29, 1.82) is 5.26 Å². The van der Waals surface area contributed by atoms with Gasteiger partial charge in [-0.25, -0.2) is 18.6 Å². The van der Waals surface area contributed by atoms with Crippen molar-refractivity contribution in [1.82, 2.24) is 0 Å². The molecule has 4 aliphatic heterocycles. The fraction of sp³-hybridized carbons (Fsp3) is 0.633. The first-order valence-electron chi connectivity index (χ1n) is 13.6. The number of hydrogen-bond donors (Lipinski definition) is 0. The van der Waals surface area contributed by atoms with E-state index in [1.165, 1.54) is 0 Å². The number of carbonyl (C=O) groups is 1. The van der Waals surface area contributed by atoms with Gasteiger partial charge < -0.3 is 10.1 Å². The predicted molar refractivity (Wildman–Crippen MR) is 147 cm³/mol. The van der Waals surface area contributed by atoms with E-state index in [9.17, 15) is 10.1 Å². The Morgan fingerprint density at radius 2 is 1.38 bits per heavy atom. The van der Waals surface area contributed by atoms with E-state index in [1.54, 1.807) is 0 Å². The largest absolute Gasteiger partial charge is 2.00 e. The molecule has 1 fully saturated rings. The van der Waals surface area contributed by atoms with Crippen LogP contribution in [0.2, 0.25) is 0 Å². The molecule has 0 aromatic rings. The van der Waals surface area contributed by atoms with Crippen LogP contribution in [0.15, 0.2) is 49.8 Å². The third-order valence-corrected chi connectivity index (χ3v) is 8.53. The average molecular weight is 645 g/mol. The molecule has 4 rings (SSSR count). The molecular formula is C30H40ClN5NiO5. The van der Waals surface area contributed by atoms with Crippen LogP contribution < -0.4 is 18.6 Å². The van der Waals surface area contributed by atoms with E-state index in [0.29, 0.717) is 6.42 Å². The topological polar surface area (TPSA) is 184 Å². The molecule has 0 saturated carbocycles. The Labute approximate surface area is 261 Å². The molecule has 1 atom stereocenters. The number of nitriles is 1. The number of carbonyl (C=O) groups excluding carboxylic acids is 1. The molecule has 0 bridgehead atoms. The molecule has 1 unspecified atom stereocenters. The quantitative estimate of drug-likeness (QED) is 0.425. The number of rotatable bonds is 3. The summed E-state index contributed by atoms with van der Waals surface area (Å²) in [5, 5.41) is 14.0. The number of allylic oxidation sites excluding steroid dienone is 6. The Hall–Kier alpha value is -2.19. The molecule has 0 spiro atoms. The van der Waals surface area contributed by atoms with Crippen molar-refractivity contribution >= 4 is 23.0 Å². The third kappa shape index (κ3) is 7.85. The number of aliphatic imine (C=N–C) groups is 3. The molecule has 232 valence electrons. The SMILES string of the molecule is C/C(C1=NC(C)(C#N)C(C)(C)C1)=C1N=C(/C=C2N=C(/C=C3\[N-]C(=O)CC3(C)C)CC\2(C)C)CC/1(C)C.[Ni+2].[O-][Cl+3]([O-])([O-])[O-]. The number of nitrogens with zero attached hydrogens (tertiary/aromatic N) is 5. The van der Waals surface area contributed by atoms with Crippen LogP contribution in [0.25, 0.3) is 5.32 Å². The van der Waals surface area contributed by atoms with Gasteiger partial charge >= 0.3 is 16.5 Å². The van der Waals surface area contributed by atoms with Crippen molar-refractivity contribution in [2.24, 2.45) is 36.6 Å². The number of halogens is 1. The van der Waals surface area contributed by atoms with Crippen LogP contribution in [-0.2, 0) is 21.3 Å². The van der Waals surface area contributed by atoms with Crippen LogP contribution in [0.3, 0.4) is 0 Å². The average Bonchev–Trinajstić information content (AvgIpc) is 3.40. The summed E-state index contributed by atoms with van der Waals surface area (Å²) >= 11 is 0. The van der Waals surface area contributed by atoms with E-state index in [2.05, 4.69) is 79.8 Å². The molecule has 0 N–H and O–H groups in total. The summed E-state index contributed by atoms with van der Waals surface area (Å²) in [6, 6.07) is 2.43. The Bertz CT molecular complexity index is 1370. The molecule has 0 aliphatic carbocycles. The molecular weight excluding hydrogens is 605 g/mol. The Kier molecular flexibility index (Phi) is 10.0. The fourth-order valence-corrected chi connectivity index (χ4v) is 5.66. The van der Waals surface area contributed by atoms with Crippen molar-refractivity contribution < 1.29 is 50.2 Å². The molecule has 10 nitrogen and oxygen atoms in total. The van der Waals surface area contributed by atoms with Gasteiger partial charge in [0.1, 0.15) is 5.54 Å². The molecule has 42 heavy (non-hydrogen) atoms. The van der Waals surface area contributed by atoms with Crippen LogP contribution >= 0.6 is 0 Å². The van der Waals surface area contributed by atoms with Crippen LogP contribution in [-0.4, -0.2) is 28.6 Å². The van der Waals surface area contributed by atoms with Crippen LogP contribution in [0.1, 0.15) is 94.9 Å². The summed E-state index contributed by atoms with van der Waals surface area (Å²) in [5.74, 6) is -0.0533. The van der Waals surface area contributed by atoms with E-state index in [-0.39, 0.29) is 44.1 Å². The maximum atomic E-state index is 11.9. The van der Waals surface area contributed by atoms with Crippen molar-refractivity contribution in [2.45, 2.75) is 100 Å². The summed E-state index contributed by atoms with van der Waals surface area (Å²) in [7, 11) is -4.94. The summed E-state index contributed by atoms with van der Waals surface area (Å²) in [5.41, 5.74) is 5.55. The minimum absolute atomic E-state index is 0. The Morgan fingerprint density at radius 1 is 0.857 bits per heavy atom. The van der Waals surface area contributed by atoms with Gasteiger partial charge in [0.25, 0.3) is 0 Å². The van der Waals surface area contributed by atoms with Gasteiger partial charge in [0.2, 0.25) is 0 Å². The van der Waals surface area contributed by atoms with E-state index < -0.39 is 15.8 Å². The van der Waals surface area contributed by atoms with Gasteiger partial charge in [-0.1, -0.05) is 61.5 Å².